The number of hydrogen-bond acceptors (Lipinski definition) is 2. The van der Waals surface area contributed by atoms with E-state index in [4.69, 9.17) is 5.11 Å². The second-order valence-corrected chi connectivity index (χ2v) is 3.48. The maximum atomic E-state index is 11.6. The second kappa shape index (κ2) is 3.84. The summed E-state index contributed by atoms with van der Waals surface area (Å²) < 4.78 is 2.09. The van der Waals surface area contributed by atoms with Crippen LogP contribution in [0.4, 0.5) is 0 Å². The van der Waals surface area contributed by atoms with Crippen molar-refractivity contribution in [3.8, 4) is 0 Å². The van der Waals surface area contributed by atoms with E-state index in [-0.39, 0.29) is 12.5 Å². The fourth-order valence-electron chi connectivity index (χ4n) is 1.79. The molecule has 1 aliphatic rings. The summed E-state index contributed by atoms with van der Waals surface area (Å²) in [7, 11) is 0. The normalized spacial score (nSPS) is 16.6. The molecule has 1 amide bonds. The molecule has 2 rings (SSSR count). The zero-order valence-corrected chi connectivity index (χ0v) is 8.02. The minimum absolute atomic E-state index is 0.0342. The molecule has 0 saturated carbocycles. The monoisotopic (exact) mass is 194 g/mol. The molecule has 0 radical (unpaired) electrons. The van der Waals surface area contributed by atoms with E-state index in [1.165, 1.54) is 0 Å². The van der Waals surface area contributed by atoms with Crippen LogP contribution in [0.15, 0.2) is 18.3 Å². The van der Waals surface area contributed by atoms with Gasteiger partial charge in [0.2, 0.25) is 5.91 Å². The van der Waals surface area contributed by atoms with Crippen molar-refractivity contribution in [2.45, 2.75) is 19.5 Å². The zero-order chi connectivity index (χ0) is 9.97. The molecule has 0 aliphatic carbocycles. The molecule has 76 valence electrons. The third kappa shape index (κ3) is 1.65. The Bertz CT molecular complexity index is 333. The highest BCUT2D eigenvalue weighted by Gasteiger charge is 2.18. The van der Waals surface area contributed by atoms with Crippen molar-refractivity contribution in [3.63, 3.8) is 0 Å². The molecule has 0 atom stereocenters. The van der Waals surface area contributed by atoms with Gasteiger partial charge in [0.1, 0.15) is 0 Å². The molecule has 0 spiro atoms. The van der Waals surface area contributed by atoms with Crippen LogP contribution in [0, 0.1) is 0 Å². The van der Waals surface area contributed by atoms with Crippen molar-refractivity contribution in [1.29, 1.82) is 0 Å². The van der Waals surface area contributed by atoms with Gasteiger partial charge in [-0.1, -0.05) is 0 Å². The first-order chi connectivity index (χ1) is 6.81. The number of aliphatic hydroxyl groups is 1. The lowest BCUT2D eigenvalue weighted by Crippen LogP contribution is -2.31. The lowest BCUT2D eigenvalue weighted by atomic mass is 10.3. The van der Waals surface area contributed by atoms with E-state index in [9.17, 15) is 4.79 Å². The first-order valence-electron chi connectivity index (χ1n) is 4.84. The Kier molecular flexibility index (Phi) is 2.54. The molecule has 4 nitrogen and oxygen atoms in total. The molecule has 0 saturated heterocycles. The number of β-amino-alcohol motifs (C(OH)–C–C–N with tert-alkyl or cyclic N) is 1. The Labute approximate surface area is 82.7 Å². The number of fused-ring (bicyclic) bond motifs is 1. The van der Waals surface area contributed by atoms with Gasteiger partial charge in [-0.3, -0.25) is 4.79 Å². The fourth-order valence-corrected chi connectivity index (χ4v) is 1.79. The van der Waals surface area contributed by atoms with Crippen LogP contribution in [0.5, 0.6) is 0 Å². The molecule has 0 fully saturated rings. The highest BCUT2D eigenvalue weighted by atomic mass is 16.3. The summed E-state index contributed by atoms with van der Waals surface area (Å²) in [6, 6.07) is 4.01. The van der Waals surface area contributed by atoms with Gasteiger partial charge in [0.15, 0.2) is 0 Å². The molecule has 0 unspecified atom stereocenters. The summed E-state index contributed by atoms with van der Waals surface area (Å²) in [4.78, 5) is 13.3. The molecule has 0 aromatic carbocycles. The van der Waals surface area contributed by atoms with Gasteiger partial charge in [-0.25, -0.2) is 0 Å². The van der Waals surface area contributed by atoms with E-state index in [1.807, 2.05) is 18.3 Å². The van der Waals surface area contributed by atoms with Crippen LogP contribution >= 0.6 is 0 Å². The van der Waals surface area contributed by atoms with Crippen LogP contribution in [0.2, 0.25) is 0 Å². The number of hydrogen-bond donors (Lipinski definition) is 1. The number of rotatable bonds is 2. The van der Waals surface area contributed by atoms with Gasteiger partial charge in [-0.2, -0.15) is 0 Å². The molecule has 1 aromatic heterocycles. The van der Waals surface area contributed by atoms with Gasteiger partial charge < -0.3 is 14.6 Å². The van der Waals surface area contributed by atoms with Gasteiger partial charge in [-0.15, -0.1) is 0 Å². The third-order valence-electron chi connectivity index (χ3n) is 2.57. The predicted octanol–water partition coefficient (Wildman–Crippen LogP) is 0.213. The van der Waals surface area contributed by atoms with E-state index in [0.717, 1.165) is 12.2 Å². The number of aliphatic hydroxyl groups excluding tert-OH is 1. The number of aryl methyl sites for hydroxylation is 1. The Hall–Kier alpha value is -1.29. The van der Waals surface area contributed by atoms with Crippen LogP contribution in [0.3, 0.4) is 0 Å². The van der Waals surface area contributed by atoms with Crippen LogP contribution in [-0.4, -0.2) is 33.6 Å². The van der Waals surface area contributed by atoms with Crippen molar-refractivity contribution in [2.75, 3.05) is 13.2 Å². The smallest absolute Gasteiger partial charge is 0.224 e. The minimum Gasteiger partial charge on any atom is -0.395 e. The lowest BCUT2D eigenvalue weighted by Gasteiger charge is -2.18. The summed E-state index contributed by atoms with van der Waals surface area (Å²) in [5.41, 5.74) is 1.14. The number of aromatic nitrogens is 1. The van der Waals surface area contributed by atoms with E-state index in [1.54, 1.807) is 4.90 Å². The van der Waals surface area contributed by atoms with Gasteiger partial charge in [-0.05, 0) is 12.1 Å². The summed E-state index contributed by atoms with van der Waals surface area (Å²) in [6.45, 7) is 1.84. The highest BCUT2D eigenvalue weighted by Crippen LogP contribution is 2.13. The number of nitrogens with zero attached hydrogens (tertiary/aromatic N) is 2. The SMILES string of the molecule is O=C1CCn2cccc2CN1CCO. The van der Waals surface area contributed by atoms with Gasteiger partial charge >= 0.3 is 0 Å². The van der Waals surface area contributed by atoms with Crippen molar-refractivity contribution < 1.29 is 9.90 Å². The average molecular weight is 194 g/mol. The van der Waals surface area contributed by atoms with Gasteiger partial charge in [0.05, 0.1) is 13.2 Å². The van der Waals surface area contributed by atoms with Gasteiger partial charge in [0, 0.05) is 31.4 Å². The van der Waals surface area contributed by atoms with E-state index < -0.39 is 0 Å². The summed E-state index contributed by atoms with van der Waals surface area (Å²) in [5.74, 6) is 0.128. The quantitative estimate of drug-likeness (QED) is 0.731. The summed E-state index contributed by atoms with van der Waals surface area (Å²) in [6.07, 6.45) is 2.52. The largest absolute Gasteiger partial charge is 0.395 e. The van der Waals surface area contributed by atoms with Crippen LogP contribution in [-0.2, 0) is 17.9 Å². The van der Waals surface area contributed by atoms with Crippen molar-refractivity contribution in [1.82, 2.24) is 9.47 Å². The Balaban J connectivity index is 2.18. The van der Waals surface area contributed by atoms with Crippen LogP contribution in [0.1, 0.15) is 12.1 Å². The summed E-state index contributed by atoms with van der Waals surface area (Å²) in [5, 5.41) is 8.83. The van der Waals surface area contributed by atoms with E-state index >= 15 is 0 Å². The fraction of sp³-hybridized carbons (Fsp3) is 0.500. The first-order valence-corrected chi connectivity index (χ1v) is 4.84. The standard InChI is InChI=1S/C10H14N2O2/c13-7-6-12-8-9-2-1-4-11(9)5-3-10(12)14/h1-2,4,13H,3,5-8H2. The molecular formula is C10H14N2O2. The maximum Gasteiger partial charge on any atom is 0.224 e. The summed E-state index contributed by atoms with van der Waals surface area (Å²) >= 11 is 0. The zero-order valence-electron chi connectivity index (χ0n) is 8.02. The highest BCUT2D eigenvalue weighted by molar-refractivity contribution is 5.76. The molecule has 2 heterocycles. The Morgan fingerprint density at radius 2 is 2.36 bits per heavy atom. The van der Waals surface area contributed by atoms with Crippen molar-refractivity contribution in [3.05, 3.63) is 24.0 Å². The van der Waals surface area contributed by atoms with E-state index in [0.29, 0.717) is 19.5 Å². The molecule has 14 heavy (non-hydrogen) atoms. The molecule has 1 aromatic rings. The average Bonchev–Trinajstić information content (AvgIpc) is 2.56. The van der Waals surface area contributed by atoms with Crippen LogP contribution in [0.25, 0.3) is 0 Å². The van der Waals surface area contributed by atoms with Gasteiger partial charge in [0.25, 0.3) is 0 Å². The number of carbonyl (C=O) groups excluding carboxylic acids is 1. The number of carbonyl (C=O) groups is 1. The molecule has 0 bridgehead atoms. The maximum absolute atomic E-state index is 11.6. The Morgan fingerprint density at radius 3 is 3.14 bits per heavy atom. The molecule has 1 N–H and O–H groups in total. The first kappa shape index (κ1) is 9.27. The van der Waals surface area contributed by atoms with Crippen LogP contribution < -0.4 is 0 Å². The van der Waals surface area contributed by atoms with Crippen molar-refractivity contribution in [2.24, 2.45) is 0 Å². The predicted molar refractivity (Wildman–Crippen MR) is 51.6 cm³/mol. The molecule has 4 heteroatoms. The second-order valence-electron chi connectivity index (χ2n) is 3.48. The lowest BCUT2D eigenvalue weighted by molar-refractivity contribution is -0.132. The number of amides is 1. The Morgan fingerprint density at radius 1 is 1.50 bits per heavy atom. The van der Waals surface area contributed by atoms with E-state index in [2.05, 4.69) is 4.57 Å². The molecular weight excluding hydrogens is 180 g/mol. The van der Waals surface area contributed by atoms with Crippen molar-refractivity contribution >= 4 is 5.91 Å². The minimum atomic E-state index is 0.0342. The molecule has 1 aliphatic heterocycles. The third-order valence-corrected chi connectivity index (χ3v) is 2.57. The topological polar surface area (TPSA) is 45.5 Å².